The molecule has 2 atom stereocenters. The van der Waals surface area contributed by atoms with Gasteiger partial charge < -0.3 is 16.4 Å². The summed E-state index contributed by atoms with van der Waals surface area (Å²) in [5.74, 6) is -1.89. The molecule has 0 aliphatic heterocycles. The number of anilines is 1. The molecule has 3 rings (SSSR count). The number of nitrogen functional groups attached to an aromatic ring is 1. The molecule has 2 unspecified atom stereocenters. The van der Waals surface area contributed by atoms with E-state index in [0.717, 1.165) is 5.56 Å². The molecule has 0 bridgehead atoms. The summed E-state index contributed by atoms with van der Waals surface area (Å²) in [6, 6.07) is 22.8. The lowest BCUT2D eigenvalue weighted by Gasteiger charge is -2.21. The average molecular weight is 449 g/mol. The first-order valence-electron chi connectivity index (χ1n) is 10.2. The zero-order chi connectivity index (χ0) is 23.1. The van der Waals surface area contributed by atoms with Crippen LogP contribution in [0.25, 0.3) is 0 Å². The molecule has 0 fully saturated rings. The van der Waals surface area contributed by atoms with Crippen LogP contribution in [0.1, 0.15) is 29.5 Å². The van der Waals surface area contributed by atoms with E-state index in [4.69, 9.17) is 22.7 Å². The first-order valence-corrected chi connectivity index (χ1v) is 10.6. The zero-order valence-electron chi connectivity index (χ0n) is 17.6. The van der Waals surface area contributed by atoms with E-state index >= 15 is 0 Å². The molecule has 5 N–H and O–H groups in total. The Morgan fingerprint density at radius 1 is 0.938 bits per heavy atom. The lowest BCUT2D eigenvalue weighted by molar-refractivity contribution is -0.129. The summed E-state index contributed by atoms with van der Waals surface area (Å²) in [6.07, 6.45) is 0.610. The van der Waals surface area contributed by atoms with E-state index in [0.29, 0.717) is 28.3 Å². The van der Waals surface area contributed by atoms with Crippen molar-refractivity contribution >= 4 is 34.9 Å². The molecule has 0 spiro atoms. The molecular formula is C25H25ClN4O2. The van der Waals surface area contributed by atoms with Gasteiger partial charge in [-0.05, 0) is 60.9 Å². The summed E-state index contributed by atoms with van der Waals surface area (Å²) in [6.45, 7) is 1.90. The number of carbonyl (C=O) groups is 2. The molecule has 0 saturated heterocycles. The molecule has 7 heteroatoms. The molecule has 0 aliphatic rings. The van der Waals surface area contributed by atoms with Gasteiger partial charge in [0.15, 0.2) is 0 Å². The molecule has 0 saturated carbocycles. The third-order valence-corrected chi connectivity index (χ3v) is 5.22. The van der Waals surface area contributed by atoms with Crippen LogP contribution in [0.4, 0.5) is 5.69 Å². The third kappa shape index (κ3) is 6.18. The topological polar surface area (TPSA) is 108 Å². The zero-order valence-corrected chi connectivity index (χ0v) is 18.4. The summed E-state index contributed by atoms with van der Waals surface area (Å²) in [4.78, 5) is 26.2. The van der Waals surface area contributed by atoms with Crippen molar-refractivity contribution in [3.05, 3.63) is 101 Å². The predicted octanol–water partition coefficient (Wildman–Crippen LogP) is 4.09. The van der Waals surface area contributed by atoms with Crippen LogP contribution in [-0.2, 0) is 16.0 Å². The Balaban J connectivity index is 1.74. The number of halogens is 1. The second-order valence-electron chi connectivity index (χ2n) is 7.56. The Bertz CT molecular complexity index is 1080. The molecule has 164 valence electrons. The number of nitrogens with two attached hydrogens (primary N) is 1. The smallest absolute Gasteiger partial charge is 0.241 e. The van der Waals surface area contributed by atoms with Crippen molar-refractivity contribution in [1.29, 1.82) is 5.41 Å². The van der Waals surface area contributed by atoms with E-state index in [1.54, 1.807) is 48.5 Å². The van der Waals surface area contributed by atoms with Gasteiger partial charge in [-0.3, -0.25) is 15.0 Å². The minimum Gasteiger partial charge on any atom is -0.384 e. The van der Waals surface area contributed by atoms with Gasteiger partial charge in [0.25, 0.3) is 0 Å². The molecule has 3 aromatic carbocycles. The number of amidine groups is 1. The van der Waals surface area contributed by atoms with Crippen molar-refractivity contribution in [2.75, 3.05) is 5.32 Å². The van der Waals surface area contributed by atoms with Crippen molar-refractivity contribution < 1.29 is 9.59 Å². The Morgan fingerprint density at radius 3 is 2.16 bits per heavy atom. The SMILES string of the molecule is CC(Cc1ccc(Cl)cc1)NC(=O)C(C(=O)Nc1ccc(C(=N)N)cc1)c1ccccc1. The van der Waals surface area contributed by atoms with Gasteiger partial charge in [-0.1, -0.05) is 54.1 Å². The number of hydrogen-bond donors (Lipinski definition) is 4. The largest absolute Gasteiger partial charge is 0.384 e. The Morgan fingerprint density at radius 2 is 1.56 bits per heavy atom. The molecule has 6 nitrogen and oxygen atoms in total. The van der Waals surface area contributed by atoms with Crippen LogP contribution in [0.3, 0.4) is 0 Å². The van der Waals surface area contributed by atoms with Gasteiger partial charge in [0.1, 0.15) is 11.8 Å². The first kappa shape index (κ1) is 23.0. The molecule has 32 heavy (non-hydrogen) atoms. The van der Waals surface area contributed by atoms with Crippen molar-refractivity contribution in [3.8, 4) is 0 Å². The molecule has 0 aromatic heterocycles. The van der Waals surface area contributed by atoms with Crippen LogP contribution < -0.4 is 16.4 Å². The van der Waals surface area contributed by atoms with Crippen LogP contribution in [0.5, 0.6) is 0 Å². The highest BCUT2D eigenvalue weighted by molar-refractivity contribution is 6.30. The van der Waals surface area contributed by atoms with Crippen molar-refractivity contribution in [3.63, 3.8) is 0 Å². The van der Waals surface area contributed by atoms with E-state index < -0.39 is 11.8 Å². The molecule has 0 heterocycles. The first-order chi connectivity index (χ1) is 15.3. The predicted molar refractivity (Wildman–Crippen MR) is 128 cm³/mol. The van der Waals surface area contributed by atoms with Crippen LogP contribution in [0, 0.1) is 5.41 Å². The maximum Gasteiger partial charge on any atom is 0.241 e. The average Bonchev–Trinajstić information content (AvgIpc) is 2.76. The lowest BCUT2D eigenvalue weighted by Crippen LogP contribution is -2.41. The van der Waals surface area contributed by atoms with Gasteiger partial charge in [-0.15, -0.1) is 0 Å². The van der Waals surface area contributed by atoms with Gasteiger partial charge in [0, 0.05) is 22.3 Å². The normalized spacial score (nSPS) is 12.4. The maximum atomic E-state index is 13.1. The number of amides is 2. The second-order valence-corrected chi connectivity index (χ2v) is 8.00. The van der Waals surface area contributed by atoms with Crippen molar-refractivity contribution in [1.82, 2.24) is 5.32 Å². The van der Waals surface area contributed by atoms with E-state index in [9.17, 15) is 9.59 Å². The molecule has 0 radical (unpaired) electrons. The third-order valence-electron chi connectivity index (χ3n) is 4.96. The van der Waals surface area contributed by atoms with E-state index in [1.807, 2.05) is 37.3 Å². The minimum atomic E-state index is -1.02. The molecule has 0 aliphatic carbocycles. The summed E-state index contributed by atoms with van der Waals surface area (Å²) in [7, 11) is 0. The van der Waals surface area contributed by atoms with Crippen LogP contribution >= 0.6 is 11.6 Å². The highest BCUT2D eigenvalue weighted by atomic mass is 35.5. The monoisotopic (exact) mass is 448 g/mol. The van der Waals surface area contributed by atoms with Gasteiger partial charge >= 0.3 is 0 Å². The van der Waals surface area contributed by atoms with E-state index in [2.05, 4.69) is 10.6 Å². The minimum absolute atomic E-state index is 0.0564. The fourth-order valence-electron chi connectivity index (χ4n) is 3.37. The highest BCUT2D eigenvalue weighted by Crippen LogP contribution is 2.20. The van der Waals surface area contributed by atoms with E-state index in [1.165, 1.54) is 0 Å². The Hall–Kier alpha value is -3.64. The number of rotatable bonds is 8. The van der Waals surface area contributed by atoms with Gasteiger partial charge in [0.2, 0.25) is 11.8 Å². The summed E-state index contributed by atoms with van der Waals surface area (Å²) < 4.78 is 0. The highest BCUT2D eigenvalue weighted by Gasteiger charge is 2.29. The van der Waals surface area contributed by atoms with Crippen LogP contribution in [-0.4, -0.2) is 23.7 Å². The number of carbonyl (C=O) groups excluding carboxylic acids is 2. The molecule has 3 aromatic rings. The lowest BCUT2D eigenvalue weighted by atomic mass is 9.96. The number of hydrogen-bond acceptors (Lipinski definition) is 3. The summed E-state index contributed by atoms with van der Waals surface area (Å²) in [5.41, 5.74) is 8.18. The van der Waals surface area contributed by atoms with Gasteiger partial charge in [0.05, 0.1) is 0 Å². The standard InChI is InChI=1S/C25H25ClN4O2/c1-16(15-17-7-11-20(26)12-8-17)29-24(31)22(18-5-3-2-4-6-18)25(32)30-21-13-9-19(10-14-21)23(27)28/h2-14,16,22H,15H2,1H3,(H3,27,28)(H,29,31)(H,30,32). The van der Waals surface area contributed by atoms with Gasteiger partial charge in [-0.2, -0.15) is 0 Å². The summed E-state index contributed by atoms with van der Waals surface area (Å²) in [5, 5.41) is 13.9. The van der Waals surface area contributed by atoms with Crippen LogP contribution in [0.2, 0.25) is 5.02 Å². The maximum absolute atomic E-state index is 13.1. The fourth-order valence-corrected chi connectivity index (χ4v) is 3.49. The van der Waals surface area contributed by atoms with Crippen LogP contribution in [0.15, 0.2) is 78.9 Å². The van der Waals surface area contributed by atoms with E-state index in [-0.39, 0.29) is 17.8 Å². The van der Waals surface area contributed by atoms with Crippen molar-refractivity contribution in [2.24, 2.45) is 5.73 Å². The van der Waals surface area contributed by atoms with Crippen molar-refractivity contribution in [2.45, 2.75) is 25.3 Å². The quantitative estimate of drug-likeness (QED) is 0.237. The molecular weight excluding hydrogens is 424 g/mol. The molecule has 2 amide bonds. The number of benzene rings is 3. The fraction of sp³-hybridized carbons (Fsp3) is 0.160. The Kier molecular flexibility index (Phi) is 7.63. The van der Waals surface area contributed by atoms with Gasteiger partial charge in [-0.25, -0.2) is 0 Å². The second kappa shape index (κ2) is 10.6. The number of nitrogens with one attached hydrogen (secondary N) is 3. The summed E-state index contributed by atoms with van der Waals surface area (Å²) >= 11 is 5.94. The Labute approximate surface area is 192 Å².